The van der Waals surface area contributed by atoms with Crippen molar-refractivity contribution >= 4 is 17.5 Å². The average Bonchev–Trinajstić information content (AvgIpc) is 2.84. The Balaban J connectivity index is 1.96. The molecule has 2 rings (SSSR count). The van der Waals surface area contributed by atoms with Gasteiger partial charge in [-0.25, -0.2) is 9.97 Å². The number of anilines is 2. The molecule has 6 nitrogen and oxygen atoms in total. The van der Waals surface area contributed by atoms with Gasteiger partial charge in [0.2, 0.25) is 5.91 Å². The first kappa shape index (κ1) is 13.6. The molecule has 1 aliphatic rings. The van der Waals surface area contributed by atoms with Crippen LogP contribution in [0, 0.1) is 0 Å². The zero-order chi connectivity index (χ0) is 13.7. The van der Waals surface area contributed by atoms with Crippen molar-refractivity contribution in [3.63, 3.8) is 0 Å². The molecule has 1 aromatic heterocycles. The summed E-state index contributed by atoms with van der Waals surface area (Å²) < 4.78 is 0. The highest BCUT2D eigenvalue weighted by Crippen LogP contribution is 2.19. The van der Waals surface area contributed by atoms with Crippen molar-refractivity contribution in [3.8, 4) is 0 Å². The van der Waals surface area contributed by atoms with Crippen LogP contribution < -0.4 is 15.5 Å². The van der Waals surface area contributed by atoms with Gasteiger partial charge in [-0.05, 0) is 12.8 Å². The highest BCUT2D eigenvalue weighted by atomic mass is 16.1. The predicted octanol–water partition coefficient (Wildman–Crippen LogP) is 1.01. The number of aromatic nitrogens is 2. The van der Waals surface area contributed by atoms with E-state index in [0.717, 1.165) is 44.1 Å². The van der Waals surface area contributed by atoms with Gasteiger partial charge in [-0.2, -0.15) is 0 Å². The Kier molecular flexibility index (Phi) is 4.54. The Bertz CT molecular complexity index is 437. The summed E-state index contributed by atoms with van der Waals surface area (Å²) in [5, 5.41) is 6.20. The highest BCUT2D eigenvalue weighted by molar-refractivity contribution is 5.73. The van der Waals surface area contributed by atoms with Crippen LogP contribution in [0.5, 0.6) is 0 Å². The first-order valence-corrected chi connectivity index (χ1v) is 6.77. The number of carbonyl (C=O) groups excluding carboxylic acids is 1. The fourth-order valence-electron chi connectivity index (χ4n) is 2.24. The second-order valence-electron chi connectivity index (χ2n) is 4.82. The second kappa shape index (κ2) is 6.36. The molecule has 0 bridgehead atoms. The Morgan fingerprint density at radius 3 is 3.11 bits per heavy atom. The summed E-state index contributed by atoms with van der Waals surface area (Å²) in [6, 6.07) is 2.19. The van der Waals surface area contributed by atoms with Crippen molar-refractivity contribution in [1.82, 2.24) is 15.3 Å². The molecule has 1 amide bonds. The van der Waals surface area contributed by atoms with Crippen molar-refractivity contribution in [2.75, 3.05) is 29.9 Å². The van der Waals surface area contributed by atoms with E-state index in [4.69, 9.17) is 0 Å². The number of rotatable bonds is 5. The molecule has 0 radical (unpaired) electrons. The molecule has 0 spiro atoms. The molecule has 1 unspecified atom stereocenters. The second-order valence-corrected chi connectivity index (χ2v) is 4.82. The van der Waals surface area contributed by atoms with Crippen molar-refractivity contribution in [1.29, 1.82) is 0 Å². The molecule has 1 aromatic rings. The van der Waals surface area contributed by atoms with E-state index in [-0.39, 0.29) is 11.9 Å². The van der Waals surface area contributed by atoms with Crippen molar-refractivity contribution in [3.05, 3.63) is 12.4 Å². The lowest BCUT2D eigenvalue weighted by Gasteiger charge is -2.18. The van der Waals surface area contributed by atoms with Gasteiger partial charge in [-0.15, -0.1) is 0 Å². The van der Waals surface area contributed by atoms with Crippen LogP contribution in [0.25, 0.3) is 0 Å². The van der Waals surface area contributed by atoms with E-state index in [2.05, 4.69) is 32.4 Å². The van der Waals surface area contributed by atoms with Gasteiger partial charge in [0.15, 0.2) is 0 Å². The monoisotopic (exact) mass is 263 g/mol. The molecule has 2 heterocycles. The molecule has 1 aliphatic heterocycles. The third-order valence-electron chi connectivity index (χ3n) is 3.13. The minimum Gasteiger partial charge on any atom is -0.370 e. The summed E-state index contributed by atoms with van der Waals surface area (Å²) in [6.07, 6.45) is 3.61. The van der Waals surface area contributed by atoms with E-state index in [0.29, 0.717) is 0 Å². The molecule has 1 saturated heterocycles. The van der Waals surface area contributed by atoms with Gasteiger partial charge in [-0.3, -0.25) is 4.79 Å². The van der Waals surface area contributed by atoms with Gasteiger partial charge in [-0.1, -0.05) is 6.92 Å². The molecule has 0 saturated carbocycles. The first-order valence-electron chi connectivity index (χ1n) is 6.77. The topological polar surface area (TPSA) is 70.2 Å². The number of hydrogen-bond donors (Lipinski definition) is 2. The highest BCUT2D eigenvalue weighted by Gasteiger charge is 2.24. The molecular weight excluding hydrogens is 242 g/mol. The molecule has 19 heavy (non-hydrogen) atoms. The third kappa shape index (κ3) is 3.81. The largest absolute Gasteiger partial charge is 0.370 e. The maximum absolute atomic E-state index is 11.0. The molecule has 6 heteroatoms. The average molecular weight is 263 g/mol. The molecule has 0 aromatic carbocycles. The van der Waals surface area contributed by atoms with E-state index in [1.807, 2.05) is 6.07 Å². The normalized spacial score (nSPS) is 18.4. The minimum atomic E-state index is 0.0276. The van der Waals surface area contributed by atoms with Gasteiger partial charge >= 0.3 is 0 Å². The van der Waals surface area contributed by atoms with Crippen LogP contribution in [0.15, 0.2) is 12.4 Å². The predicted molar refractivity (Wildman–Crippen MR) is 75.2 cm³/mol. The van der Waals surface area contributed by atoms with E-state index in [9.17, 15) is 4.79 Å². The minimum absolute atomic E-state index is 0.0276. The summed E-state index contributed by atoms with van der Waals surface area (Å²) in [5.74, 6) is 1.80. The zero-order valence-electron chi connectivity index (χ0n) is 11.5. The third-order valence-corrected chi connectivity index (χ3v) is 3.13. The van der Waals surface area contributed by atoms with Crippen LogP contribution >= 0.6 is 0 Å². The molecule has 0 aliphatic carbocycles. The zero-order valence-corrected chi connectivity index (χ0v) is 11.5. The number of nitrogens with zero attached hydrogens (tertiary/aromatic N) is 3. The smallest absolute Gasteiger partial charge is 0.217 e. The molecule has 2 N–H and O–H groups in total. The molecular formula is C13H21N5O. The Labute approximate surface area is 113 Å². The Morgan fingerprint density at radius 1 is 1.53 bits per heavy atom. The summed E-state index contributed by atoms with van der Waals surface area (Å²) in [4.78, 5) is 21.7. The van der Waals surface area contributed by atoms with E-state index in [1.54, 1.807) is 13.3 Å². The first-order chi connectivity index (χ1) is 9.19. The van der Waals surface area contributed by atoms with Crippen LogP contribution in [-0.4, -0.2) is 41.6 Å². The van der Waals surface area contributed by atoms with Crippen LogP contribution in [0.3, 0.4) is 0 Å². The number of amides is 1. The molecule has 1 atom stereocenters. The number of nitrogens with one attached hydrogen (secondary N) is 2. The van der Waals surface area contributed by atoms with Gasteiger partial charge < -0.3 is 15.5 Å². The van der Waals surface area contributed by atoms with Crippen LogP contribution in [-0.2, 0) is 4.79 Å². The van der Waals surface area contributed by atoms with Gasteiger partial charge in [0.25, 0.3) is 0 Å². The van der Waals surface area contributed by atoms with Crippen LogP contribution in [0.4, 0.5) is 11.6 Å². The lowest BCUT2D eigenvalue weighted by Crippen LogP contribution is -2.35. The van der Waals surface area contributed by atoms with Crippen LogP contribution in [0.1, 0.15) is 26.7 Å². The quantitative estimate of drug-likeness (QED) is 0.830. The van der Waals surface area contributed by atoms with Crippen molar-refractivity contribution in [2.24, 2.45) is 0 Å². The summed E-state index contributed by atoms with van der Waals surface area (Å²) in [5.41, 5.74) is 0. The Hall–Kier alpha value is -1.85. The van der Waals surface area contributed by atoms with E-state index < -0.39 is 0 Å². The van der Waals surface area contributed by atoms with E-state index in [1.165, 1.54) is 0 Å². The standard InChI is InChI=1S/C13H21N5O/c1-3-5-14-12-7-13(16-9-15-12)18-6-4-11(8-18)17-10(2)19/h7,9,11H,3-6,8H2,1-2H3,(H,17,19)(H,14,15,16). The summed E-state index contributed by atoms with van der Waals surface area (Å²) >= 11 is 0. The van der Waals surface area contributed by atoms with Gasteiger partial charge in [0.05, 0.1) is 0 Å². The fourth-order valence-corrected chi connectivity index (χ4v) is 2.24. The lowest BCUT2D eigenvalue weighted by atomic mass is 10.3. The summed E-state index contributed by atoms with van der Waals surface area (Å²) in [6.45, 7) is 6.30. The van der Waals surface area contributed by atoms with Gasteiger partial charge in [0, 0.05) is 38.7 Å². The van der Waals surface area contributed by atoms with Crippen molar-refractivity contribution < 1.29 is 4.79 Å². The SMILES string of the molecule is CCCNc1cc(N2CCC(NC(C)=O)C2)ncn1. The van der Waals surface area contributed by atoms with Crippen molar-refractivity contribution in [2.45, 2.75) is 32.7 Å². The summed E-state index contributed by atoms with van der Waals surface area (Å²) in [7, 11) is 0. The van der Waals surface area contributed by atoms with Gasteiger partial charge in [0.1, 0.15) is 18.0 Å². The van der Waals surface area contributed by atoms with Crippen LogP contribution in [0.2, 0.25) is 0 Å². The Morgan fingerprint density at radius 2 is 2.37 bits per heavy atom. The lowest BCUT2D eigenvalue weighted by molar-refractivity contribution is -0.119. The maximum Gasteiger partial charge on any atom is 0.217 e. The molecule has 104 valence electrons. The fraction of sp³-hybridized carbons (Fsp3) is 0.615. The maximum atomic E-state index is 11.0. The van der Waals surface area contributed by atoms with E-state index >= 15 is 0 Å². The molecule has 1 fully saturated rings. The number of hydrogen-bond acceptors (Lipinski definition) is 5. The number of carbonyl (C=O) groups is 1.